The molecule has 1 saturated heterocycles. The van der Waals surface area contributed by atoms with Crippen LogP contribution in [-0.2, 0) is 31.6 Å². The van der Waals surface area contributed by atoms with Crippen molar-refractivity contribution in [2.75, 3.05) is 6.61 Å². The first kappa shape index (κ1) is 27.9. The Hall–Kier alpha value is -0.360. The van der Waals surface area contributed by atoms with E-state index in [1.165, 1.54) is 0 Å². The molecule has 2 heterocycles. The number of phosphoric acid groups is 3. The van der Waals surface area contributed by atoms with Gasteiger partial charge in [-0.05, 0) is 19.1 Å². The van der Waals surface area contributed by atoms with Crippen LogP contribution < -0.4 is 0 Å². The van der Waals surface area contributed by atoms with Crippen molar-refractivity contribution in [3.8, 4) is 0 Å². The summed E-state index contributed by atoms with van der Waals surface area (Å²) in [4.78, 5) is 37.5. The van der Waals surface area contributed by atoms with E-state index in [4.69, 9.17) is 31.6 Å². The lowest BCUT2D eigenvalue weighted by molar-refractivity contribution is -0.204. The van der Waals surface area contributed by atoms with E-state index in [0.29, 0.717) is 17.7 Å². The quantitative estimate of drug-likeness (QED) is 0.196. The molecule has 22 heteroatoms. The number of nitrogens with one attached hydrogen (secondary N) is 1. The van der Waals surface area contributed by atoms with Gasteiger partial charge < -0.3 is 34.4 Å². The minimum Gasteiger partial charge on any atom is -0.384 e. The van der Waals surface area contributed by atoms with Gasteiger partial charge in [-0.15, -0.1) is 0 Å². The monoisotopic (exact) mass is 568 g/mol. The van der Waals surface area contributed by atoms with E-state index in [-0.39, 0.29) is 0 Å². The SMILES string of the molecule is CC1(F)[C@@H](O)[C@@](F)(COP(=O)(O)OP(=O)(O)OP(=O)(O)O)O[C@H]1n1cc(F)c(=S)[nH]c1=S. The largest absolute Gasteiger partial charge is 0.490 e. The molecule has 2 rings (SSSR count). The molecule has 1 aliphatic rings. The van der Waals surface area contributed by atoms with Crippen LogP contribution in [0.5, 0.6) is 0 Å². The van der Waals surface area contributed by atoms with E-state index in [1.54, 1.807) is 0 Å². The van der Waals surface area contributed by atoms with Crippen LogP contribution in [0, 0.1) is 15.2 Å². The minimum absolute atomic E-state index is 0.449. The van der Waals surface area contributed by atoms with Gasteiger partial charge in [0.1, 0.15) is 11.2 Å². The highest BCUT2D eigenvalue weighted by molar-refractivity contribution is 7.72. The Kier molecular flexibility index (Phi) is 7.86. The smallest absolute Gasteiger partial charge is 0.384 e. The molecule has 32 heavy (non-hydrogen) atoms. The Morgan fingerprint density at radius 1 is 1.19 bits per heavy atom. The highest BCUT2D eigenvalue weighted by Gasteiger charge is 2.65. The van der Waals surface area contributed by atoms with Crippen LogP contribution in [0.1, 0.15) is 13.2 Å². The third-order valence-electron chi connectivity index (χ3n) is 3.75. The molecule has 0 aromatic carbocycles. The molecule has 0 spiro atoms. The average molecular weight is 568 g/mol. The molecule has 184 valence electrons. The highest BCUT2D eigenvalue weighted by Crippen LogP contribution is 2.66. The van der Waals surface area contributed by atoms with Gasteiger partial charge in [0, 0.05) is 6.20 Å². The predicted molar refractivity (Wildman–Crippen MR) is 99.7 cm³/mol. The van der Waals surface area contributed by atoms with E-state index in [1.807, 2.05) is 0 Å². The first-order chi connectivity index (χ1) is 14.2. The zero-order chi connectivity index (χ0) is 24.9. The van der Waals surface area contributed by atoms with Crippen molar-refractivity contribution < 1.29 is 69.4 Å². The van der Waals surface area contributed by atoms with Crippen molar-refractivity contribution >= 4 is 47.9 Å². The molecule has 1 aliphatic heterocycles. The molecule has 6 atom stereocenters. The van der Waals surface area contributed by atoms with Gasteiger partial charge in [0.15, 0.2) is 28.6 Å². The summed E-state index contributed by atoms with van der Waals surface area (Å²) in [6.07, 6.45) is -4.38. The Balaban J connectivity index is 2.26. The number of hydrogen-bond donors (Lipinski definition) is 6. The molecule has 6 N–H and O–H groups in total. The number of phosphoric ester groups is 1. The number of H-pyrrole nitrogens is 1. The maximum Gasteiger partial charge on any atom is 0.490 e. The van der Waals surface area contributed by atoms with Gasteiger partial charge in [0.2, 0.25) is 0 Å². The normalized spacial score (nSPS) is 32.4. The standard InChI is InChI=1S/C10H14F3N2O12P3S2/c1-9(12)6(16)10(13,25-7(9)15-2-4(11)5(31)14-8(15)32)3-24-29(20,21)27-30(22,23)26-28(17,18)19/h2,6-7,16H,3H2,1H3,(H,20,21)(H,22,23)(H,14,31,32)(H2,17,18,19)/t6-,7-,9?,10-/m1/s1. The summed E-state index contributed by atoms with van der Waals surface area (Å²) >= 11 is 9.43. The lowest BCUT2D eigenvalue weighted by Crippen LogP contribution is -2.46. The number of rotatable bonds is 8. The molecule has 14 nitrogen and oxygen atoms in total. The second kappa shape index (κ2) is 9.02. The summed E-state index contributed by atoms with van der Waals surface area (Å²) < 4.78 is 92.8. The van der Waals surface area contributed by atoms with Crippen molar-refractivity contribution in [2.24, 2.45) is 0 Å². The molecular weight excluding hydrogens is 554 g/mol. The fourth-order valence-electron chi connectivity index (χ4n) is 2.47. The topological polar surface area (TPSA) is 210 Å². The number of alkyl halides is 2. The fourth-order valence-corrected chi connectivity index (χ4v) is 5.97. The molecule has 0 aliphatic carbocycles. The van der Waals surface area contributed by atoms with Gasteiger partial charge in [-0.2, -0.15) is 8.62 Å². The van der Waals surface area contributed by atoms with Crippen LogP contribution >= 0.6 is 47.9 Å². The maximum absolute atomic E-state index is 15.1. The maximum atomic E-state index is 15.1. The van der Waals surface area contributed by atoms with Crippen molar-refractivity contribution in [3.05, 3.63) is 21.4 Å². The second-order valence-corrected chi connectivity index (χ2v) is 11.5. The molecule has 3 unspecified atom stereocenters. The second-order valence-electron chi connectivity index (χ2n) is 6.32. The Morgan fingerprint density at radius 3 is 2.28 bits per heavy atom. The number of aromatic nitrogens is 2. The molecule has 1 aromatic heterocycles. The molecule has 1 aromatic rings. The van der Waals surface area contributed by atoms with Crippen LogP contribution in [0.4, 0.5) is 13.2 Å². The van der Waals surface area contributed by atoms with E-state index >= 15 is 8.78 Å². The van der Waals surface area contributed by atoms with Crippen LogP contribution in [-0.4, -0.2) is 58.5 Å². The number of hydrogen-bond acceptors (Lipinski definition) is 10. The van der Waals surface area contributed by atoms with Gasteiger partial charge >= 0.3 is 23.5 Å². The summed E-state index contributed by atoms with van der Waals surface area (Å²) in [5.41, 5.74) is -3.06. The molecule has 1 fully saturated rings. The van der Waals surface area contributed by atoms with Gasteiger partial charge in [-0.3, -0.25) is 9.09 Å². The zero-order valence-corrected chi connectivity index (χ0v) is 19.6. The van der Waals surface area contributed by atoms with E-state index < -0.39 is 69.2 Å². The lowest BCUT2D eigenvalue weighted by Gasteiger charge is -2.26. The third kappa shape index (κ3) is 6.40. The van der Waals surface area contributed by atoms with E-state index in [2.05, 4.69) is 30.3 Å². The fraction of sp³-hybridized carbons (Fsp3) is 0.600. The number of halogens is 3. The van der Waals surface area contributed by atoms with Gasteiger partial charge in [-0.1, -0.05) is 12.2 Å². The minimum atomic E-state index is -5.91. The van der Waals surface area contributed by atoms with Crippen molar-refractivity contribution in [2.45, 2.75) is 30.8 Å². The molecule has 0 bridgehead atoms. The molecule has 0 saturated carbocycles. The summed E-state index contributed by atoms with van der Waals surface area (Å²) in [5, 5.41) is 10.0. The number of aliphatic hydroxyl groups is 1. The summed E-state index contributed by atoms with van der Waals surface area (Å²) in [6, 6.07) is 0. The summed E-state index contributed by atoms with van der Waals surface area (Å²) in [6.45, 7) is -1.21. The van der Waals surface area contributed by atoms with Gasteiger partial charge in [-0.25, -0.2) is 26.9 Å². The number of ether oxygens (including phenoxy) is 1. The van der Waals surface area contributed by atoms with Crippen molar-refractivity contribution in [1.29, 1.82) is 0 Å². The Morgan fingerprint density at radius 2 is 1.75 bits per heavy atom. The Bertz CT molecular complexity index is 1160. The Labute approximate surface area is 186 Å². The van der Waals surface area contributed by atoms with Crippen LogP contribution in [0.3, 0.4) is 0 Å². The number of aliphatic hydroxyl groups excluding tert-OH is 1. The van der Waals surface area contributed by atoms with Gasteiger partial charge in [0.25, 0.3) is 5.85 Å². The lowest BCUT2D eigenvalue weighted by atomic mass is 9.97. The summed E-state index contributed by atoms with van der Waals surface area (Å²) in [7, 11) is -17.4. The number of aromatic amines is 1. The van der Waals surface area contributed by atoms with E-state index in [9.17, 15) is 28.1 Å². The van der Waals surface area contributed by atoms with Crippen molar-refractivity contribution in [1.82, 2.24) is 9.55 Å². The third-order valence-corrected chi connectivity index (χ3v) is 8.14. The molecule has 0 amide bonds. The highest BCUT2D eigenvalue weighted by atomic mass is 32.1. The van der Waals surface area contributed by atoms with Gasteiger partial charge in [0.05, 0.1) is 0 Å². The average Bonchev–Trinajstić information content (AvgIpc) is 2.74. The van der Waals surface area contributed by atoms with E-state index in [0.717, 1.165) is 0 Å². The van der Waals surface area contributed by atoms with Crippen molar-refractivity contribution in [3.63, 3.8) is 0 Å². The summed E-state index contributed by atoms with van der Waals surface area (Å²) in [5.74, 6) is -4.76. The zero-order valence-electron chi connectivity index (χ0n) is 15.3. The first-order valence-electron chi connectivity index (χ1n) is 7.72. The molecular formula is C10H14F3N2O12P3S2. The first-order valence-corrected chi connectivity index (χ1v) is 13.1. The van der Waals surface area contributed by atoms with Crippen LogP contribution in [0.15, 0.2) is 6.20 Å². The molecule has 0 radical (unpaired) electrons. The van der Waals surface area contributed by atoms with Crippen LogP contribution in [0.25, 0.3) is 0 Å². The van der Waals surface area contributed by atoms with Crippen LogP contribution in [0.2, 0.25) is 0 Å². The predicted octanol–water partition coefficient (Wildman–Crippen LogP) is 2.04. The number of nitrogens with zero attached hydrogens (tertiary/aromatic N) is 1.